The van der Waals surface area contributed by atoms with Gasteiger partial charge in [-0.25, -0.2) is 4.79 Å². The maximum atomic E-state index is 12.4. The molecule has 2 atom stereocenters. The van der Waals surface area contributed by atoms with Crippen LogP contribution < -0.4 is 5.32 Å². The van der Waals surface area contributed by atoms with E-state index in [1.54, 1.807) is 42.5 Å². The van der Waals surface area contributed by atoms with E-state index in [1.165, 1.54) is 0 Å². The van der Waals surface area contributed by atoms with Gasteiger partial charge in [0, 0.05) is 18.2 Å². The maximum Gasteiger partial charge on any atom is 0.354 e. The zero-order valence-corrected chi connectivity index (χ0v) is 20.5. The fourth-order valence-electron chi connectivity index (χ4n) is 2.61. The van der Waals surface area contributed by atoms with Gasteiger partial charge in [-0.05, 0) is 18.2 Å². The highest BCUT2D eigenvalue weighted by molar-refractivity contribution is 9.25. The number of anilines is 2. The van der Waals surface area contributed by atoms with E-state index in [4.69, 9.17) is 27.9 Å². The van der Waals surface area contributed by atoms with Crippen molar-refractivity contribution in [3.63, 3.8) is 0 Å². The fraction of sp³-hybridized carbons (Fsp3) is 0.222. The maximum absolute atomic E-state index is 12.4. The van der Waals surface area contributed by atoms with Crippen LogP contribution in [0.15, 0.2) is 42.5 Å². The number of carboxylic acid groups (broad SMARTS) is 1. The number of benzene rings is 2. The van der Waals surface area contributed by atoms with Crippen molar-refractivity contribution in [2.24, 2.45) is 0 Å². The number of ether oxygens (including phenoxy) is 1. The molecule has 2 aromatic carbocycles. The molecule has 10 heteroatoms. The van der Waals surface area contributed by atoms with Gasteiger partial charge in [-0.15, -0.1) is 0 Å². The summed E-state index contributed by atoms with van der Waals surface area (Å²) in [6.45, 7) is 1.15. The van der Waals surface area contributed by atoms with Crippen LogP contribution in [0, 0.1) is 0 Å². The molecular formula is C18H14Br3Cl2NO4. The van der Waals surface area contributed by atoms with E-state index < -0.39 is 26.1 Å². The van der Waals surface area contributed by atoms with E-state index in [1.807, 2.05) is 0 Å². The van der Waals surface area contributed by atoms with E-state index in [-0.39, 0.29) is 5.56 Å². The van der Waals surface area contributed by atoms with Crippen molar-refractivity contribution < 1.29 is 19.4 Å². The Balaban J connectivity index is 2.71. The first kappa shape index (κ1) is 23.5. The summed E-state index contributed by atoms with van der Waals surface area (Å²) in [6.07, 6.45) is 0. The Morgan fingerprint density at radius 1 is 1.07 bits per heavy atom. The summed E-state index contributed by atoms with van der Waals surface area (Å²) < 4.78 is 4.86. The molecule has 0 bridgehead atoms. The van der Waals surface area contributed by atoms with Crippen LogP contribution >= 0.6 is 71.0 Å². The smallest absolute Gasteiger partial charge is 0.354 e. The lowest BCUT2D eigenvalue weighted by Crippen LogP contribution is -2.50. The highest BCUT2D eigenvalue weighted by Gasteiger charge is 2.53. The van der Waals surface area contributed by atoms with Crippen molar-refractivity contribution in [1.29, 1.82) is 0 Å². The van der Waals surface area contributed by atoms with E-state index in [0.29, 0.717) is 21.4 Å². The Kier molecular flexibility index (Phi) is 8.22. The van der Waals surface area contributed by atoms with Crippen LogP contribution in [0.1, 0.15) is 12.5 Å². The molecule has 0 fully saturated rings. The SMILES string of the molecule is CC(=O)OC(C(=O)O)(c1ccccc1Nc1c(Cl)cccc1Cl)C(Br)C(Br)Br. The van der Waals surface area contributed by atoms with Crippen LogP contribution in [-0.4, -0.2) is 25.6 Å². The van der Waals surface area contributed by atoms with Gasteiger partial charge < -0.3 is 15.2 Å². The normalized spacial score (nSPS) is 14.2. The van der Waals surface area contributed by atoms with E-state index in [0.717, 1.165) is 6.92 Å². The van der Waals surface area contributed by atoms with Crippen molar-refractivity contribution in [2.45, 2.75) is 21.1 Å². The third-order valence-corrected chi connectivity index (χ3v) is 8.06. The number of carbonyl (C=O) groups is 2. The second-order valence-corrected chi connectivity index (χ2v) is 10.6. The predicted octanol–water partition coefficient (Wildman–Crippen LogP) is 6.46. The van der Waals surface area contributed by atoms with Crippen molar-refractivity contribution in [3.8, 4) is 0 Å². The number of halogens is 5. The Labute approximate surface area is 197 Å². The molecule has 2 rings (SSSR count). The van der Waals surface area contributed by atoms with Gasteiger partial charge in [0.25, 0.3) is 0 Å². The van der Waals surface area contributed by atoms with Crippen LogP contribution in [0.2, 0.25) is 10.0 Å². The van der Waals surface area contributed by atoms with Crippen molar-refractivity contribution in [3.05, 3.63) is 58.1 Å². The number of hydrogen-bond acceptors (Lipinski definition) is 4. The minimum atomic E-state index is -2.05. The summed E-state index contributed by atoms with van der Waals surface area (Å²) in [7, 11) is 0. The number of nitrogens with one attached hydrogen (secondary N) is 1. The highest BCUT2D eigenvalue weighted by atomic mass is 79.9. The topological polar surface area (TPSA) is 75.6 Å². The molecule has 0 saturated carbocycles. The van der Waals surface area contributed by atoms with Crippen LogP contribution in [0.3, 0.4) is 0 Å². The largest absolute Gasteiger partial charge is 0.478 e. The predicted molar refractivity (Wildman–Crippen MR) is 122 cm³/mol. The lowest BCUT2D eigenvalue weighted by molar-refractivity contribution is -0.178. The highest BCUT2D eigenvalue weighted by Crippen LogP contribution is 2.44. The number of alkyl halides is 3. The van der Waals surface area contributed by atoms with Gasteiger partial charge >= 0.3 is 11.9 Å². The van der Waals surface area contributed by atoms with Gasteiger partial charge in [-0.1, -0.05) is 95.3 Å². The summed E-state index contributed by atoms with van der Waals surface area (Å²) in [5, 5.41) is 13.9. The Morgan fingerprint density at radius 3 is 2.14 bits per heavy atom. The molecular weight excluding hydrogens is 605 g/mol. The standard InChI is InChI=1S/C18H14Br3Cl2NO4/c1-9(25)28-18(17(26)27,15(19)16(20)21)10-5-2-3-8-13(10)24-14-11(22)6-4-7-12(14)23/h2-8,15-16,24H,1H3,(H,26,27). The number of carboxylic acids is 1. The van der Waals surface area contributed by atoms with Gasteiger partial charge in [0.1, 0.15) is 0 Å². The number of rotatable bonds is 7. The first-order valence-corrected chi connectivity index (χ1v) is 11.3. The molecule has 2 unspecified atom stereocenters. The van der Waals surface area contributed by atoms with Crippen LogP contribution in [0.4, 0.5) is 11.4 Å². The summed E-state index contributed by atoms with van der Waals surface area (Å²) in [5.41, 5.74) is -1.08. The second-order valence-electron chi connectivity index (χ2n) is 5.64. The summed E-state index contributed by atoms with van der Waals surface area (Å²) in [4.78, 5) is 23.4. The molecule has 2 aromatic rings. The van der Waals surface area contributed by atoms with Gasteiger partial charge in [0.2, 0.25) is 5.60 Å². The van der Waals surface area contributed by atoms with Gasteiger partial charge in [0.05, 0.1) is 24.3 Å². The van der Waals surface area contributed by atoms with Crippen LogP contribution in [0.5, 0.6) is 0 Å². The molecule has 0 heterocycles. The lowest BCUT2D eigenvalue weighted by Gasteiger charge is -2.35. The molecule has 0 aromatic heterocycles. The first-order chi connectivity index (χ1) is 13.1. The molecule has 0 amide bonds. The Bertz CT molecular complexity index is 877. The van der Waals surface area contributed by atoms with Crippen LogP contribution in [0.25, 0.3) is 0 Å². The van der Waals surface area contributed by atoms with Crippen LogP contribution in [-0.2, 0) is 19.9 Å². The third kappa shape index (κ3) is 4.84. The number of carbonyl (C=O) groups excluding carboxylic acids is 1. The summed E-state index contributed by atoms with van der Waals surface area (Å²) >= 11 is 22.4. The fourth-order valence-corrected chi connectivity index (χ4v) is 4.38. The number of hydrogen-bond donors (Lipinski definition) is 2. The number of esters is 1. The second kappa shape index (κ2) is 9.80. The van der Waals surface area contributed by atoms with E-state index >= 15 is 0 Å². The van der Waals surface area contributed by atoms with Crippen molar-refractivity contribution in [1.82, 2.24) is 0 Å². The Morgan fingerprint density at radius 2 is 1.64 bits per heavy atom. The average molecular weight is 619 g/mol. The monoisotopic (exact) mass is 615 g/mol. The zero-order valence-electron chi connectivity index (χ0n) is 14.3. The molecule has 0 spiro atoms. The molecule has 0 aliphatic carbocycles. The molecule has 0 radical (unpaired) electrons. The molecule has 5 nitrogen and oxygen atoms in total. The third-order valence-electron chi connectivity index (χ3n) is 3.78. The van der Waals surface area contributed by atoms with Crippen molar-refractivity contribution in [2.75, 3.05) is 5.32 Å². The minimum absolute atomic E-state index is 0.208. The number of aliphatic carboxylic acids is 1. The number of para-hydroxylation sites is 2. The molecule has 2 N–H and O–H groups in total. The van der Waals surface area contributed by atoms with E-state index in [2.05, 4.69) is 53.1 Å². The minimum Gasteiger partial charge on any atom is -0.478 e. The van der Waals surface area contributed by atoms with Gasteiger partial charge in [-0.2, -0.15) is 0 Å². The Hall–Kier alpha value is -0.800. The molecule has 0 aliphatic heterocycles. The lowest BCUT2D eigenvalue weighted by atomic mass is 9.89. The van der Waals surface area contributed by atoms with Crippen molar-refractivity contribution >= 4 is 94.3 Å². The summed E-state index contributed by atoms with van der Waals surface area (Å²) in [6, 6.07) is 11.5. The first-order valence-electron chi connectivity index (χ1n) is 7.77. The van der Waals surface area contributed by atoms with Gasteiger partial charge in [-0.3, -0.25) is 4.79 Å². The zero-order chi connectivity index (χ0) is 21.1. The molecule has 150 valence electrons. The van der Waals surface area contributed by atoms with Gasteiger partial charge in [0.15, 0.2) is 0 Å². The summed E-state index contributed by atoms with van der Waals surface area (Å²) in [5.74, 6) is -2.11. The van der Waals surface area contributed by atoms with E-state index in [9.17, 15) is 14.7 Å². The average Bonchev–Trinajstić information content (AvgIpc) is 2.62. The molecule has 28 heavy (non-hydrogen) atoms. The quantitative estimate of drug-likeness (QED) is 0.275. The molecule has 0 saturated heterocycles. The molecule has 0 aliphatic rings.